The number of Topliss-reactive ketones (excluding diaryl/α,β-unsaturated/α-hetero) is 1. The second kappa shape index (κ2) is 14.6. The lowest BCUT2D eigenvalue weighted by atomic mass is 9.47. The lowest BCUT2D eigenvalue weighted by Crippen LogP contribution is -2.81. The highest BCUT2D eigenvalue weighted by Crippen LogP contribution is 2.68. The molecule has 3 fully saturated rings. The highest BCUT2D eigenvalue weighted by molar-refractivity contribution is 5.99. The van der Waals surface area contributed by atoms with Gasteiger partial charge in [0, 0.05) is 72.3 Å². The second-order valence-electron chi connectivity index (χ2n) is 18.1. The molecule has 9 rings (SSSR count). The number of carbonyl (C=O) groups excluding carboxylic acids is 4. The molecular weight excluding hydrogens is 769 g/mol. The van der Waals surface area contributed by atoms with Gasteiger partial charge in [-0.15, -0.1) is 0 Å². The third-order valence-electron chi connectivity index (χ3n) is 15.8. The summed E-state index contributed by atoms with van der Waals surface area (Å²) in [6.07, 6.45) is 4.54. The fourth-order valence-corrected chi connectivity index (χ4v) is 13.7. The third-order valence-corrected chi connectivity index (χ3v) is 15.8. The van der Waals surface area contributed by atoms with Gasteiger partial charge >= 0.3 is 11.9 Å². The largest absolute Gasteiger partial charge is 0.467 e. The standard InChI is InChI=1S/C46H56N4O10/c1-5-29-28-20-45(37(56)24-52,38-31(12-16-48(21-28)22-36(29)55)30-10-7-8-11-34(30)47-38)32-19-33-35(18-27(32)23-51)50(25-53)40-44(33)14-17-49-15-9-13-43(6-2,39(44)49)41(60-26(3)54)46(40,58)42(57)59-4/h7-11,13,18-19,25,28-29,36,39-41,47,51-52,55,58H,5-6,12,14-17,20-24H2,1-4H3/t28-,29-,36-,39+,40-,41-,43-,44-,45-,46+/m1/s1. The number of esters is 2. The number of aliphatic hydroxyl groups excluding tert-OH is 3. The minimum Gasteiger partial charge on any atom is -0.467 e. The molecule has 14 nitrogen and oxygen atoms in total. The fraction of sp³-hybridized carbons (Fsp3) is 0.565. The minimum absolute atomic E-state index is 0.159. The Morgan fingerprint density at radius 1 is 1.05 bits per heavy atom. The molecule has 6 heterocycles. The van der Waals surface area contributed by atoms with E-state index in [1.54, 1.807) is 6.07 Å². The van der Waals surface area contributed by atoms with Crippen LogP contribution in [0.4, 0.5) is 5.69 Å². The number of para-hydroxylation sites is 1. The summed E-state index contributed by atoms with van der Waals surface area (Å²) in [6.45, 7) is 6.65. The van der Waals surface area contributed by atoms with Gasteiger partial charge in [0.1, 0.15) is 6.61 Å². The van der Waals surface area contributed by atoms with Gasteiger partial charge in [-0.05, 0) is 78.5 Å². The molecule has 0 radical (unpaired) electrons. The van der Waals surface area contributed by atoms with Crippen LogP contribution >= 0.6 is 0 Å². The van der Waals surface area contributed by atoms with Crippen molar-refractivity contribution in [1.29, 1.82) is 0 Å². The smallest absolute Gasteiger partial charge is 0.344 e. The number of piperidine rings is 1. The van der Waals surface area contributed by atoms with Crippen molar-refractivity contribution in [3.63, 3.8) is 0 Å². The van der Waals surface area contributed by atoms with Gasteiger partial charge in [0.25, 0.3) is 0 Å². The Kier molecular flexibility index (Phi) is 9.96. The maximum atomic E-state index is 15.3. The molecule has 320 valence electrons. The highest BCUT2D eigenvalue weighted by atomic mass is 16.6. The second-order valence-corrected chi connectivity index (χ2v) is 18.1. The van der Waals surface area contributed by atoms with Crippen LogP contribution in [0.2, 0.25) is 0 Å². The summed E-state index contributed by atoms with van der Waals surface area (Å²) in [5, 5.41) is 48.5. The molecule has 1 spiro atoms. The van der Waals surface area contributed by atoms with Crippen LogP contribution in [0, 0.1) is 17.3 Å². The number of aromatic amines is 1. The van der Waals surface area contributed by atoms with Crippen molar-refractivity contribution in [3.05, 3.63) is 76.5 Å². The van der Waals surface area contributed by atoms with E-state index in [1.807, 2.05) is 56.3 Å². The number of H-pyrrole nitrogens is 1. The van der Waals surface area contributed by atoms with Crippen molar-refractivity contribution >= 4 is 40.7 Å². The van der Waals surface area contributed by atoms with E-state index in [2.05, 4.69) is 14.8 Å². The van der Waals surface area contributed by atoms with Crippen LogP contribution in [-0.4, -0.2) is 136 Å². The van der Waals surface area contributed by atoms with Crippen LogP contribution in [0.5, 0.6) is 0 Å². The number of rotatable bonds is 9. The molecule has 6 aliphatic rings. The lowest BCUT2D eigenvalue weighted by molar-refractivity contribution is -0.228. The van der Waals surface area contributed by atoms with Gasteiger partial charge in [0.05, 0.1) is 31.3 Å². The van der Waals surface area contributed by atoms with E-state index >= 15 is 4.79 Å². The first kappa shape index (κ1) is 40.9. The molecule has 2 saturated heterocycles. The van der Waals surface area contributed by atoms with Crippen LogP contribution in [-0.2, 0) is 52.5 Å². The number of amides is 1. The topological polar surface area (TPSA) is 193 Å². The van der Waals surface area contributed by atoms with Gasteiger partial charge < -0.3 is 44.7 Å². The van der Waals surface area contributed by atoms with Crippen LogP contribution < -0.4 is 4.90 Å². The van der Waals surface area contributed by atoms with Crippen LogP contribution in [0.1, 0.15) is 74.4 Å². The van der Waals surface area contributed by atoms with Crippen LogP contribution in [0.25, 0.3) is 10.9 Å². The number of benzene rings is 2. The van der Waals surface area contributed by atoms with Gasteiger partial charge in [-0.25, -0.2) is 4.79 Å². The molecule has 3 aromatic rings. The van der Waals surface area contributed by atoms with Gasteiger partial charge in [0.15, 0.2) is 11.9 Å². The summed E-state index contributed by atoms with van der Waals surface area (Å²) in [7, 11) is 1.15. The Hall–Kier alpha value is -4.44. The number of aromatic nitrogens is 1. The molecule has 1 aromatic heterocycles. The quantitative estimate of drug-likeness (QED) is 0.120. The molecule has 1 unspecified atom stereocenters. The van der Waals surface area contributed by atoms with Crippen LogP contribution in [0.3, 0.4) is 0 Å². The number of fused-ring (bicyclic) bond motifs is 6. The summed E-state index contributed by atoms with van der Waals surface area (Å²) in [6, 6.07) is 9.64. The summed E-state index contributed by atoms with van der Waals surface area (Å²) in [5.41, 5.74) is -2.37. The Balaban J connectivity index is 1.39. The number of anilines is 1. The van der Waals surface area contributed by atoms with Crippen molar-refractivity contribution in [2.24, 2.45) is 17.3 Å². The number of ketones is 1. The van der Waals surface area contributed by atoms with E-state index in [9.17, 15) is 34.8 Å². The van der Waals surface area contributed by atoms with Crippen molar-refractivity contribution < 1.29 is 49.1 Å². The first-order valence-electron chi connectivity index (χ1n) is 21.4. The number of hydrogen-bond acceptors (Lipinski definition) is 12. The van der Waals surface area contributed by atoms with Crippen LogP contribution in [0.15, 0.2) is 48.6 Å². The van der Waals surface area contributed by atoms with E-state index in [4.69, 9.17) is 9.47 Å². The summed E-state index contributed by atoms with van der Waals surface area (Å²) in [5.74, 6) is -2.60. The number of hydrogen-bond donors (Lipinski definition) is 5. The predicted molar refractivity (Wildman–Crippen MR) is 220 cm³/mol. The van der Waals surface area contributed by atoms with Gasteiger partial charge in [-0.2, -0.15) is 0 Å². The lowest BCUT2D eigenvalue weighted by Gasteiger charge is -2.63. The third kappa shape index (κ3) is 5.21. The number of aliphatic hydroxyl groups is 4. The Morgan fingerprint density at radius 3 is 2.52 bits per heavy atom. The fourth-order valence-electron chi connectivity index (χ4n) is 13.7. The Bertz CT molecular complexity index is 2290. The monoisotopic (exact) mass is 824 g/mol. The number of carbonyl (C=O) groups is 4. The van der Waals surface area contributed by atoms with Crippen molar-refractivity contribution in [1.82, 2.24) is 14.8 Å². The normalized spacial score (nSPS) is 36.6. The SMILES string of the molecule is CC[C@@H]1[C@H]2CN(CCc3c([nH]c4ccccc34)[C@@](C(=O)CO)(c3cc4c(cc3CO)N(C=O)[C@H]3[C@@](O)(C(=O)OC)[C@H](OC(C)=O)[C@]5(CC)C=CCN6CC[C@]43[C@@H]65)C2)C[C@H]1O. The number of methoxy groups -OCH3 is 1. The molecule has 5 aliphatic heterocycles. The van der Waals surface area contributed by atoms with Gasteiger partial charge in [0.2, 0.25) is 12.0 Å². The molecule has 14 heteroatoms. The minimum atomic E-state index is -2.57. The summed E-state index contributed by atoms with van der Waals surface area (Å²) >= 11 is 0. The molecule has 11 atom stereocenters. The first-order chi connectivity index (χ1) is 28.9. The molecule has 2 bridgehead atoms. The zero-order valence-corrected chi connectivity index (χ0v) is 34.7. The van der Waals surface area contributed by atoms with Gasteiger partial charge in [-0.1, -0.05) is 56.7 Å². The number of nitrogens with zero attached hydrogens (tertiary/aromatic N) is 3. The average Bonchev–Trinajstić information content (AvgIpc) is 3.93. The molecule has 2 aromatic carbocycles. The average molecular weight is 825 g/mol. The van der Waals surface area contributed by atoms with Gasteiger partial charge in [-0.3, -0.25) is 19.3 Å². The number of ether oxygens (including phenoxy) is 2. The molecule has 1 amide bonds. The molecule has 1 saturated carbocycles. The van der Waals surface area contributed by atoms with E-state index in [-0.39, 0.29) is 18.3 Å². The maximum absolute atomic E-state index is 15.3. The predicted octanol–water partition coefficient (Wildman–Crippen LogP) is 2.25. The molecule has 5 N–H and O–H groups in total. The highest BCUT2D eigenvalue weighted by Gasteiger charge is 2.81. The first-order valence-corrected chi connectivity index (χ1v) is 21.4. The summed E-state index contributed by atoms with van der Waals surface area (Å²) in [4.78, 5) is 65.9. The van der Waals surface area contributed by atoms with Crippen molar-refractivity contribution in [3.8, 4) is 0 Å². The van der Waals surface area contributed by atoms with E-state index in [0.717, 1.165) is 23.6 Å². The number of nitrogens with one attached hydrogen (secondary N) is 1. The maximum Gasteiger partial charge on any atom is 0.344 e. The zero-order chi connectivity index (χ0) is 42.5. The molecular formula is C46H56N4O10. The van der Waals surface area contributed by atoms with E-state index in [1.165, 1.54) is 11.8 Å². The molecule has 60 heavy (non-hydrogen) atoms. The Morgan fingerprint density at radius 2 is 1.83 bits per heavy atom. The van der Waals surface area contributed by atoms with E-state index in [0.29, 0.717) is 92.9 Å². The van der Waals surface area contributed by atoms with Crippen molar-refractivity contribution in [2.75, 3.05) is 51.3 Å². The Labute approximate surface area is 349 Å². The van der Waals surface area contributed by atoms with E-state index < -0.39 is 77.1 Å². The zero-order valence-electron chi connectivity index (χ0n) is 34.7. The van der Waals surface area contributed by atoms with Crippen molar-refractivity contribution in [2.45, 2.75) is 100 Å². The summed E-state index contributed by atoms with van der Waals surface area (Å²) < 4.78 is 11.4. The molecule has 1 aliphatic carbocycles.